The smallest absolute Gasteiger partial charge is 0.312 e. The molecule has 18 heavy (non-hydrogen) atoms. The summed E-state index contributed by atoms with van der Waals surface area (Å²) >= 11 is 0. The van der Waals surface area contributed by atoms with Crippen molar-refractivity contribution in [1.29, 1.82) is 0 Å². The maximum Gasteiger partial charge on any atom is 0.312 e. The van der Waals surface area contributed by atoms with Crippen LogP contribution in [0.15, 0.2) is 0 Å². The highest BCUT2D eigenvalue weighted by Gasteiger charge is 2.31. The Morgan fingerprint density at radius 1 is 1.11 bits per heavy atom. The molecule has 1 N–H and O–H groups in total. The molecule has 104 valence electrons. The zero-order chi connectivity index (χ0) is 13.5. The van der Waals surface area contributed by atoms with E-state index in [1.165, 1.54) is 0 Å². The molecular weight excluding hydrogens is 230 g/mol. The number of piperazine rings is 1. The Balaban J connectivity index is 2.32. The van der Waals surface area contributed by atoms with Crippen molar-refractivity contribution in [3.05, 3.63) is 0 Å². The maximum absolute atomic E-state index is 11.9. The van der Waals surface area contributed by atoms with E-state index in [2.05, 4.69) is 19.2 Å². The van der Waals surface area contributed by atoms with Crippen LogP contribution in [0.1, 0.15) is 33.6 Å². The van der Waals surface area contributed by atoms with E-state index in [0.717, 1.165) is 19.4 Å². The number of hydrogen-bond donors (Lipinski definition) is 1. The second-order valence-electron chi connectivity index (χ2n) is 5.05. The van der Waals surface area contributed by atoms with E-state index in [1.807, 2.05) is 6.92 Å². The van der Waals surface area contributed by atoms with E-state index in [1.54, 1.807) is 9.80 Å². The van der Waals surface area contributed by atoms with Gasteiger partial charge in [-0.3, -0.25) is 9.59 Å². The number of carbonyl (C=O) groups is 2. The predicted molar refractivity (Wildman–Crippen MR) is 71.2 cm³/mol. The summed E-state index contributed by atoms with van der Waals surface area (Å²) in [6, 6.07) is 0.462. The number of carbonyl (C=O) groups excluding carboxylic acids is 2. The van der Waals surface area contributed by atoms with E-state index in [-0.39, 0.29) is 11.8 Å². The average Bonchev–Trinajstić information content (AvgIpc) is 2.33. The number of nitrogens with one attached hydrogen (secondary N) is 1. The molecule has 0 unspecified atom stereocenters. The molecule has 0 atom stereocenters. The fourth-order valence-corrected chi connectivity index (χ4v) is 2.07. The van der Waals surface area contributed by atoms with Gasteiger partial charge in [-0.2, -0.15) is 0 Å². The maximum atomic E-state index is 11.9. The molecule has 2 amide bonds. The van der Waals surface area contributed by atoms with Gasteiger partial charge in [0, 0.05) is 32.2 Å². The molecule has 0 aromatic carbocycles. The number of amides is 2. The lowest BCUT2D eigenvalue weighted by molar-refractivity contribution is -0.156. The molecule has 0 spiro atoms. The monoisotopic (exact) mass is 255 g/mol. The lowest BCUT2D eigenvalue weighted by Gasteiger charge is -2.33. The first-order chi connectivity index (χ1) is 8.56. The molecule has 0 aromatic rings. The minimum Gasteiger partial charge on any atom is -0.333 e. The molecule has 1 fully saturated rings. The summed E-state index contributed by atoms with van der Waals surface area (Å²) in [5.41, 5.74) is 0. The third-order valence-electron chi connectivity index (χ3n) is 3.05. The van der Waals surface area contributed by atoms with Gasteiger partial charge in [-0.25, -0.2) is 0 Å². The summed E-state index contributed by atoms with van der Waals surface area (Å²) < 4.78 is 0. The van der Waals surface area contributed by atoms with Crippen molar-refractivity contribution >= 4 is 11.8 Å². The average molecular weight is 255 g/mol. The molecule has 1 aliphatic heterocycles. The van der Waals surface area contributed by atoms with E-state index >= 15 is 0 Å². The summed E-state index contributed by atoms with van der Waals surface area (Å²) in [5.74, 6) is -0.667. The van der Waals surface area contributed by atoms with Crippen molar-refractivity contribution in [2.24, 2.45) is 0 Å². The van der Waals surface area contributed by atoms with E-state index < -0.39 is 0 Å². The molecule has 1 saturated heterocycles. The molecule has 1 heterocycles. The summed E-state index contributed by atoms with van der Waals surface area (Å²) in [7, 11) is 0. The van der Waals surface area contributed by atoms with E-state index in [0.29, 0.717) is 32.2 Å². The molecular formula is C13H25N3O2. The summed E-state index contributed by atoms with van der Waals surface area (Å²) in [4.78, 5) is 27.0. The fourth-order valence-electron chi connectivity index (χ4n) is 2.07. The van der Waals surface area contributed by atoms with Gasteiger partial charge in [0.1, 0.15) is 0 Å². The van der Waals surface area contributed by atoms with Crippen LogP contribution in [-0.4, -0.2) is 60.4 Å². The molecule has 0 saturated carbocycles. The predicted octanol–water partition coefficient (Wildman–Crippen LogP) is 0.455. The standard InChI is InChI=1S/C13H25N3O2/c1-4-7-15-9-10-16(13(18)12(15)17)8-5-6-14-11(2)3/h11,14H,4-10H2,1-3H3. The van der Waals surface area contributed by atoms with Crippen LogP contribution in [0.4, 0.5) is 0 Å². The van der Waals surface area contributed by atoms with Gasteiger partial charge >= 0.3 is 11.8 Å². The molecule has 1 rings (SSSR count). The lowest BCUT2D eigenvalue weighted by atomic mass is 10.2. The molecule has 5 nitrogen and oxygen atoms in total. The van der Waals surface area contributed by atoms with Gasteiger partial charge in [0.25, 0.3) is 0 Å². The van der Waals surface area contributed by atoms with Crippen LogP contribution >= 0.6 is 0 Å². The van der Waals surface area contributed by atoms with Crippen molar-refractivity contribution in [3.63, 3.8) is 0 Å². The van der Waals surface area contributed by atoms with Gasteiger partial charge in [0.2, 0.25) is 0 Å². The van der Waals surface area contributed by atoms with Gasteiger partial charge in [0.05, 0.1) is 0 Å². The SMILES string of the molecule is CCCN1CCN(CCCNC(C)C)C(=O)C1=O. The van der Waals surface area contributed by atoms with Crippen LogP contribution in [0.3, 0.4) is 0 Å². The first-order valence-electron chi connectivity index (χ1n) is 6.87. The van der Waals surface area contributed by atoms with Crippen LogP contribution in [0.5, 0.6) is 0 Å². The highest BCUT2D eigenvalue weighted by molar-refractivity contribution is 6.35. The molecule has 0 aromatic heterocycles. The second kappa shape index (κ2) is 7.36. The Bertz CT molecular complexity index is 292. The highest BCUT2D eigenvalue weighted by atomic mass is 16.2. The second-order valence-corrected chi connectivity index (χ2v) is 5.05. The van der Waals surface area contributed by atoms with Gasteiger partial charge < -0.3 is 15.1 Å². The number of hydrogen-bond acceptors (Lipinski definition) is 3. The molecule has 0 radical (unpaired) electrons. The first kappa shape index (κ1) is 15.0. The van der Waals surface area contributed by atoms with E-state index in [4.69, 9.17) is 0 Å². The van der Waals surface area contributed by atoms with Crippen molar-refractivity contribution in [3.8, 4) is 0 Å². The van der Waals surface area contributed by atoms with Crippen molar-refractivity contribution < 1.29 is 9.59 Å². The van der Waals surface area contributed by atoms with Crippen LogP contribution in [-0.2, 0) is 9.59 Å². The van der Waals surface area contributed by atoms with Crippen LogP contribution < -0.4 is 5.32 Å². The Morgan fingerprint density at radius 2 is 1.67 bits per heavy atom. The number of nitrogens with zero attached hydrogens (tertiary/aromatic N) is 2. The minimum absolute atomic E-state index is 0.333. The zero-order valence-electron chi connectivity index (χ0n) is 11.7. The third kappa shape index (κ3) is 4.29. The van der Waals surface area contributed by atoms with Crippen molar-refractivity contribution in [2.45, 2.75) is 39.7 Å². The number of rotatable bonds is 7. The Labute approximate surface area is 110 Å². The minimum atomic E-state index is -0.334. The fraction of sp³-hybridized carbons (Fsp3) is 0.846. The Morgan fingerprint density at radius 3 is 2.17 bits per heavy atom. The van der Waals surface area contributed by atoms with Crippen molar-refractivity contribution in [2.75, 3.05) is 32.7 Å². The quantitative estimate of drug-likeness (QED) is 0.531. The molecule has 0 bridgehead atoms. The normalized spacial score (nSPS) is 16.9. The van der Waals surface area contributed by atoms with Gasteiger partial charge in [-0.05, 0) is 19.4 Å². The van der Waals surface area contributed by atoms with Crippen LogP contribution in [0, 0.1) is 0 Å². The first-order valence-corrected chi connectivity index (χ1v) is 6.87. The van der Waals surface area contributed by atoms with Gasteiger partial charge in [-0.1, -0.05) is 20.8 Å². The largest absolute Gasteiger partial charge is 0.333 e. The topological polar surface area (TPSA) is 52.6 Å². The van der Waals surface area contributed by atoms with Crippen LogP contribution in [0.2, 0.25) is 0 Å². The lowest BCUT2D eigenvalue weighted by Crippen LogP contribution is -2.54. The van der Waals surface area contributed by atoms with Gasteiger partial charge in [-0.15, -0.1) is 0 Å². The van der Waals surface area contributed by atoms with Crippen LogP contribution in [0.25, 0.3) is 0 Å². The third-order valence-corrected chi connectivity index (χ3v) is 3.05. The van der Waals surface area contributed by atoms with E-state index in [9.17, 15) is 9.59 Å². The zero-order valence-corrected chi connectivity index (χ0v) is 11.7. The molecule has 0 aliphatic carbocycles. The summed E-state index contributed by atoms with van der Waals surface area (Å²) in [6.07, 6.45) is 1.79. The highest BCUT2D eigenvalue weighted by Crippen LogP contribution is 2.06. The Hall–Kier alpha value is -1.10. The van der Waals surface area contributed by atoms with Crippen molar-refractivity contribution in [1.82, 2.24) is 15.1 Å². The van der Waals surface area contributed by atoms with Gasteiger partial charge in [0.15, 0.2) is 0 Å². The Kier molecular flexibility index (Phi) is 6.12. The molecule has 1 aliphatic rings. The summed E-state index contributed by atoms with van der Waals surface area (Å²) in [6.45, 7) is 9.80. The summed E-state index contributed by atoms with van der Waals surface area (Å²) in [5, 5.41) is 3.31. The molecule has 5 heteroatoms.